The highest BCUT2D eigenvalue weighted by molar-refractivity contribution is 5.87. The van der Waals surface area contributed by atoms with E-state index in [1.165, 1.54) is 27.7 Å². The first-order valence-electron chi connectivity index (χ1n) is 8.96. The molecule has 11 nitrogen and oxygen atoms in total. The summed E-state index contributed by atoms with van der Waals surface area (Å²) in [5, 5.41) is 25.7. The van der Waals surface area contributed by atoms with Gasteiger partial charge in [0.2, 0.25) is 0 Å². The summed E-state index contributed by atoms with van der Waals surface area (Å²) in [5.41, 5.74) is 0. The van der Waals surface area contributed by atoms with Gasteiger partial charge in [0.1, 0.15) is 28.9 Å². The Kier molecular flexibility index (Phi) is 27.8. The van der Waals surface area contributed by atoms with Gasteiger partial charge in [-0.15, -0.1) is 0 Å². The Morgan fingerprint density at radius 3 is 1.16 bits per heavy atom. The van der Waals surface area contributed by atoms with Gasteiger partial charge in [-0.3, -0.25) is 14.4 Å². The van der Waals surface area contributed by atoms with E-state index in [1.807, 2.05) is 0 Å². The number of aliphatic carboxylic acids is 1. The van der Waals surface area contributed by atoms with Crippen LogP contribution in [0, 0.1) is 0 Å². The largest absolute Gasteiger partial charge is 0.629 e. The van der Waals surface area contributed by atoms with Crippen LogP contribution in [-0.4, -0.2) is 51.3 Å². The van der Waals surface area contributed by atoms with Crippen LogP contribution in [0.1, 0.15) is 72.6 Å². The van der Waals surface area contributed by atoms with Gasteiger partial charge in [-0.1, -0.05) is 6.08 Å². The zero-order chi connectivity index (χ0) is 25.4. The number of ketones is 5. The number of rotatable bonds is 11. The monoisotopic (exact) mass is 445 g/mol. The van der Waals surface area contributed by atoms with Crippen molar-refractivity contribution in [2.24, 2.45) is 0 Å². The highest BCUT2D eigenvalue weighted by Gasteiger charge is 2.04. The van der Waals surface area contributed by atoms with Crippen LogP contribution < -0.4 is 5.11 Å². The minimum Gasteiger partial charge on any atom is -0.629 e. The van der Waals surface area contributed by atoms with E-state index in [0.29, 0.717) is 12.8 Å². The second-order valence-electron chi connectivity index (χ2n) is 6.07. The van der Waals surface area contributed by atoms with Gasteiger partial charge in [-0.2, -0.15) is 9.59 Å². The number of carbonyl (C=O) groups excluding carboxylic acids is 7. The first-order valence-corrected chi connectivity index (χ1v) is 8.96. The third-order valence-electron chi connectivity index (χ3n) is 2.77. The molecule has 0 rings (SSSR count). The lowest BCUT2D eigenvalue weighted by Gasteiger charge is -1.95. The van der Waals surface area contributed by atoms with Crippen molar-refractivity contribution in [1.29, 1.82) is 0 Å². The zero-order valence-electron chi connectivity index (χ0n) is 18.1. The number of aliphatic hydroxyl groups is 1. The van der Waals surface area contributed by atoms with Crippen molar-refractivity contribution in [3.63, 3.8) is 0 Å². The summed E-state index contributed by atoms with van der Waals surface area (Å²) in [6.45, 7) is 5.64. The molecule has 0 aliphatic heterocycles. The van der Waals surface area contributed by atoms with Gasteiger partial charge in [-0.25, -0.2) is 0 Å². The fourth-order valence-electron chi connectivity index (χ4n) is 1.27. The molecule has 0 aromatic rings. The van der Waals surface area contributed by atoms with Crippen LogP contribution in [0.25, 0.3) is 0 Å². The molecule has 0 aromatic carbocycles. The molecule has 0 atom stereocenters. The predicted molar refractivity (Wildman–Crippen MR) is 103 cm³/mol. The number of allylic oxidation sites excluding steroid dienone is 1. The number of aliphatic hydroxyl groups excluding tert-OH is 1. The van der Waals surface area contributed by atoms with Crippen molar-refractivity contribution in [3.05, 3.63) is 12.0 Å². The quantitative estimate of drug-likeness (QED) is 0.427. The minimum atomic E-state index is -1.04. The maximum absolute atomic E-state index is 10.9. The fraction of sp³-hybridized carbons (Fsp3) is 0.550. The Labute approximate surface area is 180 Å². The van der Waals surface area contributed by atoms with Gasteiger partial charge < -0.3 is 29.7 Å². The summed E-state index contributed by atoms with van der Waals surface area (Å²) in [4.78, 5) is 78.0. The topological polar surface area (TPSA) is 200 Å². The molecule has 2 N–H and O–H groups in total. The maximum atomic E-state index is 10.9. The summed E-state index contributed by atoms with van der Waals surface area (Å²) in [6.07, 6.45) is 2.47. The number of hydrogen-bond donors (Lipinski definition) is 2. The van der Waals surface area contributed by atoms with Crippen molar-refractivity contribution < 1.29 is 53.7 Å². The molecule has 0 radical (unpaired) electrons. The molecule has 0 aliphatic rings. The summed E-state index contributed by atoms with van der Waals surface area (Å²) in [6, 6.07) is 0. The van der Waals surface area contributed by atoms with E-state index in [1.54, 1.807) is 0 Å². The summed E-state index contributed by atoms with van der Waals surface area (Å²) in [7, 11) is 0. The van der Waals surface area contributed by atoms with Gasteiger partial charge in [0.15, 0.2) is 0 Å². The highest BCUT2D eigenvalue weighted by Crippen LogP contribution is 1.99. The standard InChI is InChI=1S/C9H14O3.2C5H8O3.CO2/c1-7(10)3-5-9(12)6-4-8(2)11;2*1-4(6)2-3-5(7)8;2-1-3/h3-6H2,1-2H3;2-3H2,1H3,(H,7,8);3,7-8H,2H2,1H3;/p-1. The van der Waals surface area contributed by atoms with Crippen LogP contribution in [0.3, 0.4) is 0 Å². The molecule has 0 saturated heterocycles. The third-order valence-corrected chi connectivity index (χ3v) is 2.77. The maximum Gasteiger partial charge on any atom is 0.373 e. The lowest BCUT2D eigenvalue weighted by atomic mass is 10.1. The van der Waals surface area contributed by atoms with E-state index in [9.17, 15) is 33.9 Å². The SMILES string of the molecule is CC(=O)CC=C([O-])O.CC(=O)CCC(=O)CCC(C)=O.CC(=O)CCC(=O)O.O=C=O. The van der Waals surface area contributed by atoms with Crippen molar-refractivity contribution >= 4 is 41.0 Å². The van der Waals surface area contributed by atoms with E-state index in [2.05, 4.69) is 0 Å². The van der Waals surface area contributed by atoms with Gasteiger partial charge >= 0.3 is 12.1 Å². The molecular weight excluding hydrogens is 416 g/mol. The van der Waals surface area contributed by atoms with E-state index in [0.717, 1.165) is 6.08 Å². The van der Waals surface area contributed by atoms with E-state index < -0.39 is 11.9 Å². The Balaban J connectivity index is -0.000000170. The zero-order valence-corrected chi connectivity index (χ0v) is 18.1. The smallest absolute Gasteiger partial charge is 0.373 e. The molecule has 0 bridgehead atoms. The first kappa shape index (κ1) is 35.0. The second kappa shape index (κ2) is 24.6. The number of carboxylic acids is 1. The predicted octanol–water partition coefficient (Wildman–Crippen LogP) is 0.876. The van der Waals surface area contributed by atoms with E-state index >= 15 is 0 Å². The van der Waals surface area contributed by atoms with Crippen molar-refractivity contribution in [3.8, 4) is 0 Å². The number of carbonyl (C=O) groups is 6. The van der Waals surface area contributed by atoms with Gasteiger partial charge in [0, 0.05) is 44.5 Å². The Hall–Kier alpha value is -3.46. The Morgan fingerprint density at radius 2 is 1.00 bits per heavy atom. The summed E-state index contributed by atoms with van der Waals surface area (Å²) >= 11 is 0. The second-order valence-corrected chi connectivity index (χ2v) is 6.07. The van der Waals surface area contributed by atoms with Crippen LogP contribution in [0.15, 0.2) is 12.0 Å². The van der Waals surface area contributed by atoms with E-state index in [4.69, 9.17) is 19.8 Å². The van der Waals surface area contributed by atoms with E-state index in [-0.39, 0.29) is 67.2 Å². The van der Waals surface area contributed by atoms with Crippen molar-refractivity contribution in [1.82, 2.24) is 0 Å². The van der Waals surface area contributed by atoms with Crippen molar-refractivity contribution in [2.75, 3.05) is 0 Å². The molecule has 11 heteroatoms. The molecule has 0 heterocycles. The number of carboxylic acid groups (broad SMARTS) is 1. The average molecular weight is 445 g/mol. The number of Topliss-reactive ketones (excluding diaryl/α,β-unsaturated/α-hetero) is 5. The molecular formula is C20H29O11-. The van der Waals surface area contributed by atoms with Crippen LogP contribution in [-0.2, 0) is 38.4 Å². The molecule has 0 saturated carbocycles. The number of hydrogen-bond acceptors (Lipinski definition) is 10. The van der Waals surface area contributed by atoms with Crippen LogP contribution in [0.5, 0.6) is 0 Å². The minimum absolute atomic E-state index is 0.000370. The fourth-order valence-corrected chi connectivity index (χ4v) is 1.27. The Bertz CT molecular complexity index is 616. The van der Waals surface area contributed by atoms with Crippen LogP contribution >= 0.6 is 0 Å². The normalized spacial score (nSPS) is 9.10. The van der Waals surface area contributed by atoms with Crippen molar-refractivity contribution in [2.45, 2.75) is 72.6 Å². The molecule has 0 aliphatic carbocycles. The highest BCUT2D eigenvalue weighted by atomic mass is 16.5. The molecule has 0 amide bonds. The molecule has 0 spiro atoms. The van der Waals surface area contributed by atoms with Crippen LogP contribution in [0.2, 0.25) is 0 Å². The van der Waals surface area contributed by atoms with Crippen LogP contribution in [0.4, 0.5) is 0 Å². The average Bonchev–Trinajstić information content (AvgIpc) is 2.63. The summed E-state index contributed by atoms with van der Waals surface area (Å²) in [5.74, 6) is -2.13. The van der Waals surface area contributed by atoms with Gasteiger partial charge in [0.05, 0.1) is 6.42 Å². The lowest BCUT2D eigenvalue weighted by Crippen LogP contribution is -2.03. The Morgan fingerprint density at radius 1 is 0.677 bits per heavy atom. The lowest BCUT2D eigenvalue weighted by molar-refractivity contribution is -0.348. The molecule has 0 unspecified atom stereocenters. The first-order chi connectivity index (χ1) is 14.2. The summed E-state index contributed by atoms with van der Waals surface area (Å²) < 4.78 is 0. The van der Waals surface area contributed by atoms with Gasteiger partial charge in [0.25, 0.3) is 0 Å². The molecule has 31 heavy (non-hydrogen) atoms. The van der Waals surface area contributed by atoms with Gasteiger partial charge in [-0.05, 0) is 27.7 Å². The molecule has 0 fully saturated rings. The molecule has 0 aromatic heterocycles. The third kappa shape index (κ3) is 58.4. The molecule has 176 valence electrons.